The summed E-state index contributed by atoms with van der Waals surface area (Å²) in [6.45, 7) is 0.574. The maximum atomic E-state index is 13.5. The number of benzene rings is 2. The Kier molecular flexibility index (Phi) is 5.56. The summed E-state index contributed by atoms with van der Waals surface area (Å²) < 4.78 is 2.11. The molecule has 0 atom stereocenters. The number of fused-ring (bicyclic) bond motifs is 2. The third-order valence-electron chi connectivity index (χ3n) is 4.70. The second kappa shape index (κ2) is 8.47. The summed E-state index contributed by atoms with van der Waals surface area (Å²) in [5.74, 6) is -0.0862. The lowest BCUT2D eigenvalue weighted by Gasteiger charge is -2.18. The molecule has 0 saturated carbocycles. The maximum Gasteiger partial charge on any atom is 0.289 e. The predicted octanol–water partition coefficient (Wildman–Crippen LogP) is 6.58. The van der Waals surface area contributed by atoms with Gasteiger partial charge in [-0.2, -0.15) is 0 Å². The van der Waals surface area contributed by atoms with E-state index >= 15 is 0 Å². The molecule has 0 radical (unpaired) electrons. The molecule has 4 nitrogen and oxygen atoms in total. The molecule has 5 aromatic rings. The Morgan fingerprint density at radius 3 is 2.67 bits per heavy atom. The minimum Gasteiger partial charge on any atom is -0.282 e. The molecule has 1 amide bonds. The van der Waals surface area contributed by atoms with Gasteiger partial charge in [-0.15, -0.1) is 34.4 Å². The highest BCUT2D eigenvalue weighted by Gasteiger charge is 2.24. The SMILES string of the molecule is CSc1ccc2nc(N(CCc3cccs3)C(=O)c3nc4ccccc4s3)sc2c1. The highest BCUT2D eigenvalue weighted by Crippen LogP contribution is 2.33. The largest absolute Gasteiger partial charge is 0.289 e. The quantitative estimate of drug-likeness (QED) is 0.265. The van der Waals surface area contributed by atoms with Crippen LogP contribution < -0.4 is 4.90 Å². The zero-order chi connectivity index (χ0) is 20.5. The van der Waals surface area contributed by atoms with Gasteiger partial charge in [0.2, 0.25) is 0 Å². The lowest BCUT2D eigenvalue weighted by Crippen LogP contribution is -2.32. The second-order valence-corrected chi connectivity index (χ2v) is 10.6. The molecule has 0 aliphatic rings. The normalized spacial score (nSPS) is 11.4. The number of nitrogens with zero attached hydrogens (tertiary/aromatic N) is 3. The Morgan fingerprint density at radius 1 is 1.00 bits per heavy atom. The first kappa shape index (κ1) is 19.7. The van der Waals surface area contributed by atoms with Crippen LogP contribution in [0.5, 0.6) is 0 Å². The first-order valence-corrected chi connectivity index (χ1v) is 13.1. The molecule has 0 N–H and O–H groups in total. The van der Waals surface area contributed by atoms with Gasteiger partial charge >= 0.3 is 0 Å². The number of thiophene rings is 1. The molecular formula is C22H17N3OS4. The molecule has 0 bridgehead atoms. The number of hydrogen-bond acceptors (Lipinski definition) is 7. The molecule has 3 aromatic heterocycles. The van der Waals surface area contributed by atoms with Crippen LogP contribution in [0.25, 0.3) is 20.4 Å². The minimum atomic E-state index is -0.0862. The number of aromatic nitrogens is 2. The van der Waals surface area contributed by atoms with Gasteiger partial charge in [-0.05, 0) is 54.5 Å². The van der Waals surface area contributed by atoms with Gasteiger partial charge in [0.05, 0.1) is 20.4 Å². The predicted molar refractivity (Wildman–Crippen MR) is 131 cm³/mol. The first-order chi connectivity index (χ1) is 14.7. The zero-order valence-corrected chi connectivity index (χ0v) is 19.3. The van der Waals surface area contributed by atoms with Gasteiger partial charge in [0.1, 0.15) is 0 Å². The van der Waals surface area contributed by atoms with Gasteiger partial charge in [0.15, 0.2) is 10.1 Å². The second-order valence-electron chi connectivity index (χ2n) is 6.60. The van der Waals surface area contributed by atoms with Gasteiger partial charge in [-0.1, -0.05) is 29.5 Å². The summed E-state index contributed by atoms with van der Waals surface area (Å²) in [4.78, 5) is 27.1. The number of anilines is 1. The summed E-state index contributed by atoms with van der Waals surface area (Å²) >= 11 is 6.42. The molecule has 0 fully saturated rings. The van der Waals surface area contributed by atoms with Crippen LogP contribution in [0.15, 0.2) is 64.9 Å². The molecule has 8 heteroatoms. The molecule has 0 aliphatic heterocycles. The van der Waals surface area contributed by atoms with Gasteiger partial charge in [0, 0.05) is 16.3 Å². The van der Waals surface area contributed by atoms with E-state index in [1.54, 1.807) is 39.3 Å². The molecule has 30 heavy (non-hydrogen) atoms. The third kappa shape index (κ3) is 3.88. The first-order valence-electron chi connectivity index (χ1n) is 9.35. The van der Waals surface area contributed by atoms with Crippen LogP contribution in [-0.4, -0.2) is 28.7 Å². The number of carbonyl (C=O) groups excluding carboxylic acids is 1. The topological polar surface area (TPSA) is 46.1 Å². The molecule has 5 rings (SSSR count). The number of rotatable bonds is 6. The van der Waals surface area contributed by atoms with E-state index in [-0.39, 0.29) is 5.91 Å². The monoisotopic (exact) mass is 467 g/mol. The molecule has 0 saturated heterocycles. The van der Waals surface area contributed by atoms with E-state index in [4.69, 9.17) is 4.98 Å². The van der Waals surface area contributed by atoms with Crippen molar-refractivity contribution in [2.45, 2.75) is 11.3 Å². The van der Waals surface area contributed by atoms with Crippen molar-refractivity contribution < 1.29 is 4.79 Å². The summed E-state index contributed by atoms with van der Waals surface area (Å²) in [6.07, 6.45) is 2.85. The van der Waals surface area contributed by atoms with Gasteiger partial charge in [-0.25, -0.2) is 9.97 Å². The fraction of sp³-hybridized carbons (Fsp3) is 0.136. The Balaban J connectivity index is 1.52. The van der Waals surface area contributed by atoms with Gasteiger partial charge in [0.25, 0.3) is 5.91 Å². The molecule has 0 unspecified atom stereocenters. The van der Waals surface area contributed by atoms with Crippen LogP contribution in [0.3, 0.4) is 0 Å². The van der Waals surface area contributed by atoms with E-state index in [1.807, 2.05) is 36.4 Å². The van der Waals surface area contributed by atoms with Crippen molar-refractivity contribution in [2.24, 2.45) is 0 Å². The van der Waals surface area contributed by atoms with E-state index in [0.29, 0.717) is 11.6 Å². The van der Waals surface area contributed by atoms with Gasteiger partial charge in [-0.3, -0.25) is 9.69 Å². The van der Waals surface area contributed by atoms with E-state index < -0.39 is 0 Å². The fourth-order valence-electron chi connectivity index (χ4n) is 3.18. The average molecular weight is 468 g/mol. The Bertz CT molecular complexity index is 1290. The summed E-state index contributed by atoms with van der Waals surface area (Å²) in [5, 5.41) is 3.30. The van der Waals surface area contributed by atoms with Crippen LogP contribution in [0, 0.1) is 0 Å². The smallest absolute Gasteiger partial charge is 0.282 e. The van der Waals surface area contributed by atoms with Crippen LogP contribution >= 0.6 is 45.8 Å². The van der Waals surface area contributed by atoms with Crippen LogP contribution in [0.4, 0.5) is 5.13 Å². The molecule has 3 heterocycles. The molecule has 2 aromatic carbocycles. The van der Waals surface area contributed by atoms with Crippen molar-refractivity contribution in [1.29, 1.82) is 0 Å². The van der Waals surface area contributed by atoms with Crippen molar-refractivity contribution in [3.63, 3.8) is 0 Å². The summed E-state index contributed by atoms with van der Waals surface area (Å²) in [5.41, 5.74) is 1.78. The number of hydrogen-bond donors (Lipinski definition) is 0. The lowest BCUT2D eigenvalue weighted by atomic mass is 10.3. The Morgan fingerprint density at radius 2 is 1.87 bits per heavy atom. The van der Waals surface area contributed by atoms with Crippen molar-refractivity contribution in [3.05, 3.63) is 69.9 Å². The van der Waals surface area contributed by atoms with E-state index in [2.05, 4.69) is 34.8 Å². The third-order valence-corrected chi connectivity index (χ3v) is 8.43. The van der Waals surface area contributed by atoms with Crippen molar-refractivity contribution >= 4 is 77.2 Å². The van der Waals surface area contributed by atoms with E-state index in [0.717, 1.165) is 32.0 Å². The van der Waals surface area contributed by atoms with E-state index in [9.17, 15) is 4.79 Å². The number of para-hydroxylation sites is 1. The number of thiazole rings is 2. The summed E-state index contributed by atoms with van der Waals surface area (Å²) in [6, 6.07) is 18.3. The van der Waals surface area contributed by atoms with Crippen LogP contribution in [-0.2, 0) is 6.42 Å². The lowest BCUT2D eigenvalue weighted by molar-refractivity contribution is 0.0987. The number of amides is 1. The van der Waals surface area contributed by atoms with Crippen molar-refractivity contribution in [3.8, 4) is 0 Å². The summed E-state index contributed by atoms with van der Waals surface area (Å²) in [7, 11) is 0. The van der Waals surface area contributed by atoms with Crippen LogP contribution in [0.2, 0.25) is 0 Å². The standard InChI is InChI=1S/C22H17N3OS4/c1-27-15-8-9-17-19(13-15)30-22(24-17)25(11-10-14-5-4-12-28-14)21(26)20-23-16-6-2-3-7-18(16)29-20/h2-9,12-13H,10-11H2,1H3. The maximum absolute atomic E-state index is 13.5. The highest BCUT2D eigenvalue weighted by molar-refractivity contribution is 7.98. The van der Waals surface area contributed by atoms with E-state index in [1.165, 1.54) is 21.1 Å². The van der Waals surface area contributed by atoms with Crippen molar-refractivity contribution in [2.75, 3.05) is 17.7 Å². The van der Waals surface area contributed by atoms with Crippen LogP contribution in [0.1, 0.15) is 14.7 Å². The minimum absolute atomic E-state index is 0.0862. The molecule has 150 valence electrons. The highest BCUT2D eigenvalue weighted by atomic mass is 32.2. The Labute approximate surface area is 190 Å². The van der Waals surface area contributed by atoms with Crippen molar-refractivity contribution in [1.82, 2.24) is 9.97 Å². The number of carbonyl (C=O) groups is 1. The zero-order valence-electron chi connectivity index (χ0n) is 16.1. The molecule has 0 spiro atoms. The molecule has 0 aliphatic carbocycles. The van der Waals surface area contributed by atoms with Gasteiger partial charge < -0.3 is 0 Å². The molecular weight excluding hydrogens is 451 g/mol. The fourth-order valence-corrected chi connectivity index (χ4v) is 6.33. The average Bonchev–Trinajstić information content (AvgIpc) is 3.51. The number of thioether (sulfide) groups is 1. The Hall–Kier alpha value is -2.26.